The molecule has 0 aliphatic rings. The topological polar surface area (TPSA) is 47.0 Å². The number of rotatable bonds is 5. The van der Waals surface area contributed by atoms with Gasteiger partial charge in [0.15, 0.2) is 0 Å². The lowest BCUT2D eigenvalue weighted by atomic mass is 10.2. The van der Waals surface area contributed by atoms with Crippen LogP contribution < -0.4 is 10.1 Å². The second-order valence-corrected chi connectivity index (χ2v) is 5.86. The molecule has 0 aliphatic carbocycles. The highest BCUT2D eigenvalue weighted by atomic mass is 79.9. The minimum Gasteiger partial charge on any atom is -0.437 e. The summed E-state index contributed by atoms with van der Waals surface area (Å²) in [7, 11) is 0. The number of pyridine rings is 2. The van der Waals surface area contributed by atoms with E-state index in [1.165, 1.54) is 0 Å². The monoisotopic (exact) mass is 335 g/mol. The zero-order valence-corrected chi connectivity index (χ0v) is 13.4. The van der Waals surface area contributed by atoms with Crippen LogP contribution >= 0.6 is 15.9 Å². The van der Waals surface area contributed by atoms with Crippen molar-refractivity contribution in [3.63, 3.8) is 0 Å². The predicted octanol–water partition coefficient (Wildman–Crippen LogP) is 3.84. The maximum Gasteiger partial charge on any atom is 0.222 e. The molecule has 0 aliphatic heterocycles. The Morgan fingerprint density at radius 2 is 2.05 bits per heavy atom. The van der Waals surface area contributed by atoms with E-state index < -0.39 is 0 Å². The zero-order valence-electron chi connectivity index (χ0n) is 11.9. The van der Waals surface area contributed by atoms with E-state index in [2.05, 4.69) is 51.1 Å². The Hall–Kier alpha value is -1.46. The van der Waals surface area contributed by atoms with Crippen molar-refractivity contribution >= 4 is 15.9 Å². The maximum absolute atomic E-state index is 5.75. The van der Waals surface area contributed by atoms with Gasteiger partial charge in [0.25, 0.3) is 0 Å². The number of nitrogens with one attached hydrogen (secondary N) is 1. The number of nitrogens with zero attached hydrogens (tertiary/aromatic N) is 2. The minimum atomic E-state index is 0.457. The van der Waals surface area contributed by atoms with Crippen LogP contribution in [0.4, 0.5) is 0 Å². The van der Waals surface area contributed by atoms with Gasteiger partial charge in [0.2, 0.25) is 5.88 Å². The van der Waals surface area contributed by atoms with Gasteiger partial charge in [-0.25, -0.2) is 4.98 Å². The highest BCUT2D eigenvalue weighted by Gasteiger charge is 2.06. The van der Waals surface area contributed by atoms with Crippen LogP contribution in [0.5, 0.6) is 11.6 Å². The van der Waals surface area contributed by atoms with E-state index in [1.807, 2.05) is 19.2 Å². The standard InChI is InChI=1S/C15H18BrN3O/c1-10(2)18-6-12-4-11(3)15(19-7-12)20-14-5-13(16)8-17-9-14/h4-5,7-10,18H,6H2,1-3H3. The van der Waals surface area contributed by atoms with Crippen molar-refractivity contribution in [1.29, 1.82) is 0 Å². The molecule has 1 N–H and O–H groups in total. The summed E-state index contributed by atoms with van der Waals surface area (Å²) in [6, 6.07) is 4.41. The third-order valence-electron chi connectivity index (χ3n) is 2.70. The summed E-state index contributed by atoms with van der Waals surface area (Å²) in [5.41, 5.74) is 2.16. The molecule has 0 spiro atoms. The fraction of sp³-hybridized carbons (Fsp3) is 0.333. The fourth-order valence-corrected chi connectivity index (χ4v) is 2.05. The molecule has 5 heteroatoms. The van der Waals surface area contributed by atoms with Crippen LogP contribution in [-0.4, -0.2) is 16.0 Å². The molecule has 0 saturated carbocycles. The van der Waals surface area contributed by atoms with Crippen LogP contribution in [0.25, 0.3) is 0 Å². The first-order valence-corrected chi connectivity index (χ1v) is 7.31. The van der Waals surface area contributed by atoms with Crippen molar-refractivity contribution in [1.82, 2.24) is 15.3 Å². The average Bonchev–Trinajstić information content (AvgIpc) is 2.39. The number of ether oxygens (including phenoxy) is 1. The molecule has 4 nitrogen and oxygen atoms in total. The summed E-state index contributed by atoms with van der Waals surface area (Å²) in [5.74, 6) is 1.28. The van der Waals surface area contributed by atoms with Gasteiger partial charge in [-0.3, -0.25) is 4.98 Å². The van der Waals surface area contributed by atoms with Gasteiger partial charge >= 0.3 is 0 Å². The molecule has 0 aromatic carbocycles. The Labute approximate surface area is 127 Å². The molecular formula is C15H18BrN3O. The summed E-state index contributed by atoms with van der Waals surface area (Å²) in [4.78, 5) is 8.44. The van der Waals surface area contributed by atoms with Gasteiger partial charge in [-0.1, -0.05) is 13.8 Å². The highest BCUT2D eigenvalue weighted by molar-refractivity contribution is 9.10. The van der Waals surface area contributed by atoms with Gasteiger partial charge in [0, 0.05) is 35.0 Å². The van der Waals surface area contributed by atoms with Gasteiger partial charge in [0.05, 0.1) is 6.20 Å². The summed E-state index contributed by atoms with van der Waals surface area (Å²) < 4.78 is 6.63. The zero-order chi connectivity index (χ0) is 14.5. The lowest BCUT2D eigenvalue weighted by molar-refractivity contribution is 0.455. The molecule has 20 heavy (non-hydrogen) atoms. The van der Waals surface area contributed by atoms with Crippen molar-refractivity contribution in [2.75, 3.05) is 0 Å². The first-order valence-electron chi connectivity index (χ1n) is 6.52. The molecule has 0 atom stereocenters. The molecule has 2 aromatic rings. The normalized spacial score (nSPS) is 10.8. The van der Waals surface area contributed by atoms with Crippen LogP contribution in [0.1, 0.15) is 25.0 Å². The first kappa shape index (κ1) is 14.9. The van der Waals surface area contributed by atoms with Crippen molar-refractivity contribution in [3.8, 4) is 11.6 Å². The molecular weight excluding hydrogens is 318 g/mol. The van der Waals surface area contributed by atoms with Crippen LogP contribution in [0, 0.1) is 6.92 Å². The molecule has 2 aromatic heterocycles. The molecule has 2 rings (SSSR count). The van der Waals surface area contributed by atoms with Gasteiger partial charge in [-0.15, -0.1) is 0 Å². The van der Waals surface area contributed by atoms with Crippen LogP contribution in [0.15, 0.2) is 35.2 Å². The second-order valence-electron chi connectivity index (χ2n) is 4.94. The van der Waals surface area contributed by atoms with E-state index in [1.54, 1.807) is 12.4 Å². The van der Waals surface area contributed by atoms with E-state index in [0.29, 0.717) is 17.7 Å². The van der Waals surface area contributed by atoms with Crippen LogP contribution in [0.2, 0.25) is 0 Å². The highest BCUT2D eigenvalue weighted by Crippen LogP contribution is 2.24. The molecule has 0 unspecified atom stereocenters. The Bertz CT molecular complexity index is 587. The summed E-state index contributed by atoms with van der Waals surface area (Å²) in [6.07, 6.45) is 5.22. The summed E-state index contributed by atoms with van der Waals surface area (Å²) in [6.45, 7) is 7.05. The number of halogens is 1. The summed E-state index contributed by atoms with van der Waals surface area (Å²) in [5, 5.41) is 3.37. The Morgan fingerprint density at radius 1 is 1.25 bits per heavy atom. The fourth-order valence-electron chi connectivity index (χ4n) is 1.71. The van der Waals surface area contributed by atoms with Gasteiger partial charge in [-0.05, 0) is 40.5 Å². The Balaban J connectivity index is 2.09. The molecule has 2 heterocycles. The molecule has 0 bridgehead atoms. The minimum absolute atomic E-state index is 0.457. The Kier molecular flexibility index (Phi) is 5.09. The van der Waals surface area contributed by atoms with Crippen molar-refractivity contribution in [2.24, 2.45) is 0 Å². The molecule has 0 saturated heterocycles. The van der Waals surface area contributed by atoms with E-state index in [4.69, 9.17) is 4.74 Å². The third kappa shape index (κ3) is 4.28. The number of hydrogen-bond donors (Lipinski definition) is 1. The number of aromatic nitrogens is 2. The SMILES string of the molecule is Cc1cc(CNC(C)C)cnc1Oc1cncc(Br)c1. The number of aryl methyl sites for hydroxylation is 1. The lowest BCUT2D eigenvalue weighted by Gasteiger charge is -2.11. The van der Waals surface area contributed by atoms with E-state index in [9.17, 15) is 0 Å². The van der Waals surface area contributed by atoms with Crippen LogP contribution in [0.3, 0.4) is 0 Å². The van der Waals surface area contributed by atoms with Gasteiger partial charge < -0.3 is 10.1 Å². The van der Waals surface area contributed by atoms with Gasteiger partial charge in [-0.2, -0.15) is 0 Å². The number of hydrogen-bond acceptors (Lipinski definition) is 4. The molecule has 0 fully saturated rings. The second kappa shape index (κ2) is 6.81. The Morgan fingerprint density at radius 3 is 2.70 bits per heavy atom. The average molecular weight is 336 g/mol. The van der Waals surface area contributed by atoms with Crippen molar-refractivity contribution in [2.45, 2.75) is 33.4 Å². The third-order valence-corrected chi connectivity index (χ3v) is 3.13. The maximum atomic E-state index is 5.75. The predicted molar refractivity (Wildman–Crippen MR) is 83.0 cm³/mol. The van der Waals surface area contributed by atoms with Crippen molar-refractivity contribution in [3.05, 3.63) is 46.3 Å². The largest absolute Gasteiger partial charge is 0.437 e. The lowest BCUT2D eigenvalue weighted by Crippen LogP contribution is -2.21. The summed E-state index contributed by atoms with van der Waals surface area (Å²) >= 11 is 3.37. The van der Waals surface area contributed by atoms with E-state index >= 15 is 0 Å². The first-order chi connectivity index (χ1) is 9.54. The van der Waals surface area contributed by atoms with E-state index in [-0.39, 0.29) is 0 Å². The van der Waals surface area contributed by atoms with Gasteiger partial charge in [0.1, 0.15) is 5.75 Å². The molecule has 0 radical (unpaired) electrons. The van der Waals surface area contributed by atoms with Crippen LogP contribution in [-0.2, 0) is 6.54 Å². The quantitative estimate of drug-likeness (QED) is 0.901. The molecule has 106 valence electrons. The molecule has 0 amide bonds. The van der Waals surface area contributed by atoms with Crippen molar-refractivity contribution < 1.29 is 4.74 Å². The smallest absolute Gasteiger partial charge is 0.222 e. The van der Waals surface area contributed by atoms with E-state index in [0.717, 1.165) is 22.1 Å².